The van der Waals surface area contributed by atoms with E-state index >= 15 is 0 Å². The molecule has 1 aliphatic heterocycles. The number of nitrogen functional groups attached to an aromatic ring is 1. The van der Waals surface area contributed by atoms with Crippen LogP contribution in [0, 0.1) is 0 Å². The van der Waals surface area contributed by atoms with Gasteiger partial charge < -0.3 is 15.8 Å². The van der Waals surface area contributed by atoms with Crippen LogP contribution in [0.2, 0.25) is 0 Å². The number of anilines is 1. The zero-order chi connectivity index (χ0) is 18.6. The first-order chi connectivity index (χ1) is 11.8. The van der Waals surface area contributed by atoms with E-state index in [0.29, 0.717) is 12.6 Å². The molecule has 0 bridgehead atoms. The summed E-state index contributed by atoms with van der Waals surface area (Å²) in [6.45, 7) is 6.15. The van der Waals surface area contributed by atoms with Crippen molar-refractivity contribution in [3.05, 3.63) is 17.7 Å². The highest BCUT2D eigenvalue weighted by Crippen LogP contribution is 2.30. The van der Waals surface area contributed by atoms with Gasteiger partial charge in [0.2, 0.25) is 0 Å². The molecule has 1 atom stereocenters. The molecule has 0 radical (unpaired) electrons. The van der Waals surface area contributed by atoms with E-state index in [-0.39, 0.29) is 33.6 Å². The normalized spacial score (nSPS) is 18.3. The van der Waals surface area contributed by atoms with Crippen molar-refractivity contribution < 1.29 is 17.9 Å². The summed E-state index contributed by atoms with van der Waals surface area (Å²) in [7, 11) is -2.06. The van der Waals surface area contributed by atoms with Crippen molar-refractivity contribution in [1.82, 2.24) is 10.2 Å². The van der Waals surface area contributed by atoms with Gasteiger partial charge in [-0.1, -0.05) is 13.8 Å². The summed E-state index contributed by atoms with van der Waals surface area (Å²) in [6.07, 6.45) is 2.16. The van der Waals surface area contributed by atoms with Crippen molar-refractivity contribution >= 4 is 21.4 Å². The van der Waals surface area contributed by atoms with Crippen LogP contribution in [0.25, 0.3) is 0 Å². The number of hydrogen-bond donors (Lipinski definition) is 2. The van der Waals surface area contributed by atoms with Crippen molar-refractivity contribution in [3.63, 3.8) is 0 Å². The van der Waals surface area contributed by atoms with Crippen molar-refractivity contribution in [1.29, 1.82) is 0 Å². The van der Waals surface area contributed by atoms with Crippen LogP contribution in [0.3, 0.4) is 0 Å². The van der Waals surface area contributed by atoms with Crippen molar-refractivity contribution in [2.45, 2.75) is 37.6 Å². The van der Waals surface area contributed by atoms with E-state index in [4.69, 9.17) is 10.5 Å². The third kappa shape index (κ3) is 4.24. The molecule has 25 heavy (non-hydrogen) atoms. The number of likely N-dealkylation sites (tertiary alicyclic amines) is 1. The summed E-state index contributed by atoms with van der Waals surface area (Å²) >= 11 is 0. The summed E-state index contributed by atoms with van der Waals surface area (Å²) in [5, 5.41) is 2.89. The largest absolute Gasteiger partial charge is 0.494 e. The molecule has 1 saturated heterocycles. The fourth-order valence-corrected chi connectivity index (χ4v) is 4.15. The monoisotopic (exact) mass is 369 g/mol. The van der Waals surface area contributed by atoms with E-state index in [1.54, 1.807) is 6.92 Å². The minimum atomic E-state index is -3.47. The van der Waals surface area contributed by atoms with Crippen molar-refractivity contribution in [2.24, 2.45) is 0 Å². The van der Waals surface area contributed by atoms with E-state index in [9.17, 15) is 13.2 Å². The number of nitrogens with one attached hydrogen (secondary N) is 1. The average Bonchev–Trinajstić information content (AvgIpc) is 3.06. The lowest BCUT2D eigenvalue weighted by Crippen LogP contribution is -2.40. The van der Waals surface area contributed by atoms with E-state index in [2.05, 4.69) is 17.1 Å². The van der Waals surface area contributed by atoms with Gasteiger partial charge in [0.05, 0.1) is 29.0 Å². The van der Waals surface area contributed by atoms with Gasteiger partial charge in [0.15, 0.2) is 15.6 Å². The molecule has 1 aliphatic rings. The number of amides is 1. The smallest absolute Gasteiger partial charge is 0.255 e. The number of hydrogen-bond acceptors (Lipinski definition) is 6. The minimum Gasteiger partial charge on any atom is -0.494 e. The molecule has 1 amide bonds. The van der Waals surface area contributed by atoms with Crippen LogP contribution in [0.4, 0.5) is 5.69 Å². The van der Waals surface area contributed by atoms with Gasteiger partial charge in [-0.25, -0.2) is 8.42 Å². The highest BCUT2D eigenvalue weighted by Gasteiger charge is 2.25. The second kappa shape index (κ2) is 8.05. The zero-order valence-electron chi connectivity index (χ0n) is 15.0. The van der Waals surface area contributed by atoms with Gasteiger partial charge in [0.25, 0.3) is 5.91 Å². The Morgan fingerprint density at radius 1 is 1.40 bits per heavy atom. The van der Waals surface area contributed by atoms with Crippen LogP contribution in [0.5, 0.6) is 5.75 Å². The molecule has 8 heteroatoms. The Labute approximate surface area is 149 Å². The first-order valence-corrected chi connectivity index (χ1v) is 10.2. The van der Waals surface area contributed by atoms with Gasteiger partial charge in [-0.05, 0) is 38.1 Å². The first-order valence-electron chi connectivity index (χ1n) is 8.56. The van der Waals surface area contributed by atoms with Crippen LogP contribution in [0.1, 0.15) is 37.0 Å². The molecule has 1 fully saturated rings. The molecule has 1 aromatic carbocycles. The molecule has 3 N–H and O–H groups in total. The summed E-state index contributed by atoms with van der Waals surface area (Å²) in [6, 6.07) is 2.99. The summed E-state index contributed by atoms with van der Waals surface area (Å²) in [5.74, 6) is -0.237. The number of rotatable bonds is 7. The average molecular weight is 369 g/mol. The van der Waals surface area contributed by atoms with E-state index < -0.39 is 9.84 Å². The number of carbonyl (C=O) groups excluding carboxylic acids is 1. The molecular weight excluding hydrogens is 342 g/mol. The molecule has 0 saturated carbocycles. The Morgan fingerprint density at radius 3 is 2.72 bits per heavy atom. The number of benzene rings is 1. The number of carbonyl (C=O) groups is 1. The number of likely N-dealkylation sites (N-methyl/N-ethyl adjacent to an activating group) is 1. The second-order valence-corrected chi connectivity index (χ2v) is 8.41. The fourth-order valence-electron chi connectivity index (χ4n) is 3.21. The summed E-state index contributed by atoms with van der Waals surface area (Å²) in [4.78, 5) is 15.0. The maximum atomic E-state index is 12.6. The third-order valence-corrected chi connectivity index (χ3v) is 6.40. The van der Waals surface area contributed by atoms with E-state index in [1.165, 1.54) is 19.2 Å². The van der Waals surface area contributed by atoms with Crippen molar-refractivity contribution in [3.8, 4) is 5.75 Å². The van der Waals surface area contributed by atoms with Gasteiger partial charge in [-0.2, -0.15) is 0 Å². The van der Waals surface area contributed by atoms with Crippen LogP contribution in [-0.4, -0.2) is 57.8 Å². The van der Waals surface area contributed by atoms with Gasteiger partial charge in [-0.15, -0.1) is 0 Å². The van der Waals surface area contributed by atoms with Crippen LogP contribution in [-0.2, 0) is 9.84 Å². The Morgan fingerprint density at radius 2 is 2.12 bits per heavy atom. The van der Waals surface area contributed by atoms with Crippen LogP contribution < -0.4 is 15.8 Å². The molecule has 1 heterocycles. The molecular formula is C17H27N3O4S. The second-order valence-electron chi connectivity index (χ2n) is 6.13. The Bertz CT molecular complexity index is 734. The number of nitrogens with two attached hydrogens (primary N) is 1. The Kier molecular flexibility index (Phi) is 6.29. The lowest BCUT2D eigenvalue weighted by molar-refractivity contribution is 0.0938. The molecule has 7 nitrogen and oxygen atoms in total. The molecule has 0 aromatic heterocycles. The zero-order valence-corrected chi connectivity index (χ0v) is 15.9. The Hall–Kier alpha value is -1.80. The maximum Gasteiger partial charge on any atom is 0.255 e. The standard InChI is InChI=1S/C17H27N3O4S/c1-4-20-8-6-7-12(20)11-19-17(21)14-9-13(25(22,23)5-2)10-15(18)16(14)24-3/h9-10,12H,4-8,11,18H2,1-3H3,(H,19,21). The topological polar surface area (TPSA) is 102 Å². The molecule has 140 valence electrons. The number of methoxy groups -OCH3 is 1. The third-order valence-electron chi connectivity index (χ3n) is 4.68. The lowest BCUT2D eigenvalue weighted by Gasteiger charge is -2.23. The highest BCUT2D eigenvalue weighted by atomic mass is 32.2. The molecule has 0 aliphatic carbocycles. The van der Waals surface area contributed by atoms with Crippen molar-refractivity contribution in [2.75, 3.05) is 38.2 Å². The van der Waals surface area contributed by atoms with E-state index in [0.717, 1.165) is 25.9 Å². The Balaban J connectivity index is 2.25. The molecule has 2 rings (SSSR count). The maximum absolute atomic E-state index is 12.6. The first kappa shape index (κ1) is 19.5. The molecule has 1 unspecified atom stereocenters. The van der Waals surface area contributed by atoms with Gasteiger partial charge in [0, 0.05) is 12.6 Å². The number of ether oxygens (including phenoxy) is 1. The van der Waals surface area contributed by atoms with Gasteiger partial charge in [-0.3, -0.25) is 9.69 Å². The van der Waals surface area contributed by atoms with Gasteiger partial charge >= 0.3 is 0 Å². The quantitative estimate of drug-likeness (QED) is 0.702. The lowest BCUT2D eigenvalue weighted by atomic mass is 10.1. The predicted molar refractivity (Wildman–Crippen MR) is 97.7 cm³/mol. The van der Waals surface area contributed by atoms with Crippen LogP contribution in [0.15, 0.2) is 17.0 Å². The molecule has 0 spiro atoms. The van der Waals surface area contributed by atoms with Gasteiger partial charge in [0.1, 0.15) is 0 Å². The van der Waals surface area contributed by atoms with E-state index in [1.807, 2.05) is 0 Å². The summed E-state index contributed by atoms with van der Waals surface area (Å²) in [5.41, 5.74) is 6.19. The summed E-state index contributed by atoms with van der Waals surface area (Å²) < 4.78 is 29.5. The number of nitrogens with zero attached hydrogens (tertiary/aromatic N) is 1. The molecule has 1 aromatic rings. The number of sulfone groups is 1. The SMILES string of the molecule is CCN1CCCC1CNC(=O)c1cc(S(=O)(=O)CC)cc(N)c1OC. The highest BCUT2D eigenvalue weighted by molar-refractivity contribution is 7.91. The fraction of sp³-hybridized carbons (Fsp3) is 0.588. The van der Waals surface area contributed by atoms with Crippen LogP contribution >= 0.6 is 0 Å². The minimum absolute atomic E-state index is 0.0366. The predicted octanol–water partition coefficient (Wildman–Crippen LogP) is 1.29.